The van der Waals surface area contributed by atoms with Crippen molar-refractivity contribution in [3.05, 3.63) is 0 Å². The van der Waals surface area contributed by atoms with Crippen molar-refractivity contribution in [3.8, 4) is 0 Å². The van der Waals surface area contributed by atoms with Crippen LogP contribution in [0.25, 0.3) is 0 Å². The lowest BCUT2D eigenvalue weighted by Crippen LogP contribution is -2.56. The number of aliphatic hydroxyl groups is 1. The van der Waals surface area contributed by atoms with Gasteiger partial charge in [0, 0.05) is 30.0 Å². The van der Waals surface area contributed by atoms with Crippen molar-refractivity contribution in [1.82, 2.24) is 4.90 Å². The maximum atomic E-state index is 13.8. The van der Waals surface area contributed by atoms with E-state index in [9.17, 15) is 9.90 Å². The van der Waals surface area contributed by atoms with E-state index < -0.39 is 0 Å². The zero-order chi connectivity index (χ0) is 21.2. The highest BCUT2D eigenvalue weighted by Gasteiger charge is 2.57. The zero-order valence-electron chi connectivity index (χ0n) is 19.2. The fraction of sp³-hybridized carbons (Fsp3) is 0.917. The van der Waals surface area contributed by atoms with Gasteiger partial charge in [-0.25, -0.2) is 0 Å². The van der Waals surface area contributed by atoms with Gasteiger partial charge in [-0.15, -0.1) is 0 Å². The van der Waals surface area contributed by atoms with E-state index in [1.54, 1.807) is 0 Å². The highest BCUT2D eigenvalue weighted by atomic mass is 16.6. The molecule has 0 heterocycles. The number of carbonyl (C=O) groups is 1. The normalized spacial score (nSPS) is 41.3. The third-order valence-corrected chi connectivity index (χ3v) is 8.74. The summed E-state index contributed by atoms with van der Waals surface area (Å²) >= 11 is 0. The summed E-state index contributed by atoms with van der Waals surface area (Å²) in [5.41, 5.74) is -0.105. The average Bonchev–Trinajstić information content (AvgIpc) is 2.67. The number of likely N-dealkylation sites (N-methyl/N-ethyl adjacent to an activating group) is 1. The molecule has 3 aliphatic rings. The molecule has 0 bridgehead atoms. The van der Waals surface area contributed by atoms with Gasteiger partial charge in [-0.05, 0) is 82.7 Å². The Bertz CT molecular complexity index is 607. The second kappa shape index (κ2) is 9.05. The molecule has 0 unspecified atom stereocenters. The molecule has 5 nitrogen and oxygen atoms in total. The molecule has 0 aromatic heterocycles. The number of oxime groups is 1. The van der Waals surface area contributed by atoms with Crippen molar-refractivity contribution in [2.75, 3.05) is 27.2 Å². The summed E-state index contributed by atoms with van der Waals surface area (Å²) < 4.78 is 0. The smallest absolute Gasteiger partial charge is 0.142 e. The number of ketones is 1. The topological polar surface area (TPSA) is 62.1 Å². The number of nitrogens with zero attached hydrogens (tertiary/aromatic N) is 2. The summed E-state index contributed by atoms with van der Waals surface area (Å²) in [6, 6.07) is 0. The molecule has 0 aliphatic heterocycles. The van der Waals surface area contributed by atoms with Gasteiger partial charge in [-0.2, -0.15) is 0 Å². The first-order valence-electron chi connectivity index (χ1n) is 11.7. The summed E-state index contributed by atoms with van der Waals surface area (Å²) in [4.78, 5) is 21.3. The van der Waals surface area contributed by atoms with Gasteiger partial charge >= 0.3 is 0 Å². The van der Waals surface area contributed by atoms with E-state index in [-0.39, 0.29) is 28.8 Å². The van der Waals surface area contributed by atoms with Gasteiger partial charge in [0.1, 0.15) is 12.4 Å². The predicted octanol–water partition coefficient (Wildman–Crippen LogP) is 4.14. The molecule has 0 aromatic rings. The first-order chi connectivity index (χ1) is 13.7. The van der Waals surface area contributed by atoms with Crippen LogP contribution in [0.4, 0.5) is 0 Å². The first kappa shape index (κ1) is 22.7. The van der Waals surface area contributed by atoms with Crippen LogP contribution in [0.1, 0.15) is 72.1 Å². The predicted molar refractivity (Wildman–Crippen MR) is 117 cm³/mol. The molecule has 166 valence electrons. The molecule has 3 aliphatic carbocycles. The molecule has 0 radical (unpaired) electrons. The fourth-order valence-corrected chi connectivity index (χ4v) is 6.70. The minimum absolute atomic E-state index is 0.133. The van der Waals surface area contributed by atoms with E-state index in [1.807, 2.05) is 20.3 Å². The standard InChI is InChI=1S/C24H42N2O3/c1-6-17(16-25-29-14-13-26(4)5)24(3)12-10-21-20(22(24)28)8-7-18-15-19(27)9-11-23(18,21)2/h16-21,27H,6-15H2,1-5H3/b25-16+/t17-,18-,19+,20-,21+,23+,24-/m1/s1. The summed E-state index contributed by atoms with van der Waals surface area (Å²) in [7, 11) is 4.03. The van der Waals surface area contributed by atoms with E-state index in [0.717, 1.165) is 57.9 Å². The summed E-state index contributed by atoms with van der Waals surface area (Å²) in [5.74, 6) is 1.85. The molecule has 0 spiro atoms. The van der Waals surface area contributed by atoms with Crippen LogP contribution in [0.2, 0.25) is 0 Å². The molecule has 3 fully saturated rings. The van der Waals surface area contributed by atoms with Crippen LogP contribution in [0.15, 0.2) is 5.16 Å². The molecular weight excluding hydrogens is 364 g/mol. The van der Waals surface area contributed by atoms with Crippen LogP contribution in [0.5, 0.6) is 0 Å². The fourth-order valence-electron chi connectivity index (χ4n) is 6.70. The van der Waals surface area contributed by atoms with Gasteiger partial charge in [0.25, 0.3) is 0 Å². The van der Waals surface area contributed by atoms with Crippen LogP contribution >= 0.6 is 0 Å². The molecule has 3 saturated carbocycles. The lowest BCUT2D eigenvalue weighted by Gasteiger charge is -2.58. The third-order valence-electron chi connectivity index (χ3n) is 8.74. The van der Waals surface area contributed by atoms with Gasteiger partial charge in [-0.3, -0.25) is 4.79 Å². The molecule has 0 saturated heterocycles. The van der Waals surface area contributed by atoms with Crippen LogP contribution in [-0.4, -0.2) is 55.4 Å². The monoisotopic (exact) mass is 406 g/mol. The second-order valence-corrected chi connectivity index (χ2v) is 10.6. The van der Waals surface area contributed by atoms with Crippen LogP contribution in [0.3, 0.4) is 0 Å². The largest absolute Gasteiger partial charge is 0.395 e. The summed E-state index contributed by atoms with van der Waals surface area (Å²) in [6.45, 7) is 8.14. The van der Waals surface area contributed by atoms with E-state index in [0.29, 0.717) is 24.2 Å². The van der Waals surface area contributed by atoms with Crippen molar-refractivity contribution >= 4 is 12.0 Å². The Hall–Kier alpha value is -0.940. The highest BCUT2D eigenvalue weighted by Crippen LogP contribution is 2.61. The SMILES string of the molecule is CC[C@H](/C=N/OCCN(C)C)[C@@]1(C)CC[C@H]2[C@@H](CC[C@@H]3C[C@@H](O)CC[C@@]32C)C1=O. The van der Waals surface area contributed by atoms with E-state index in [4.69, 9.17) is 4.84 Å². The Kier molecular flexibility index (Phi) is 7.10. The zero-order valence-corrected chi connectivity index (χ0v) is 19.2. The van der Waals surface area contributed by atoms with Crippen LogP contribution in [-0.2, 0) is 9.63 Å². The minimum Gasteiger partial charge on any atom is -0.395 e. The average molecular weight is 407 g/mol. The maximum absolute atomic E-state index is 13.8. The van der Waals surface area contributed by atoms with Crippen molar-refractivity contribution in [3.63, 3.8) is 0 Å². The molecule has 5 heteroatoms. The first-order valence-corrected chi connectivity index (χ1v) is 11.7. The molecule has 29 heavy (non-hydrogen) atoms. The van der Waals surface area contributed by atoms with Crippen molar-refractivity contribution in [2.24, 2.45) is 39.7 Å². The number of rotatable bonds is 7. The van der Waals surface area contributed by atoms with Gasteiger partial charge < -0.3 is 14.8 Å². The number of aliphatic hydroxyl groups excluding tert-OH is 1. The quantitative estimate of drug-likeness (QED) is 0.392. The van der Waals surface area contributed by atoms with E-state index in [1.165, 1.54) is 0 Å². The Morgan fingerprint density at radius 1 is 1.24 bits per heavy atom. The van der Waals surface area contributed by atoms with E-state index >= 15 is 0 Å². The lowest BCUT2D eigenvalue weighted by molar-refractivity contribution is -0.155. The van der Waals surface area contributed by atoms with Gasteiger partial charge in [0.15, 0.2) is 0 Å². The Morgan fingerprint density at radius 3 is 2.69 bits per heavy atom. The Morgan fingerprint density at radius 2 is 2.00 bits per heavy atom. The lowest BCUT2D eigenvalue weighted by atomic mass is 9.46. The third kappa shape index (κ3) is 4.41. The van der Waals surface area contributed by atoms with Gasteiger partial charge in [0.2, 0.25) is 0 Å². The summed E-state index contributed by atoms with van der Waals surface area (Å²) in [6.07, 6.45) is 9.74. The van der Waals surface area contributed by atoms with Crippen molar-refractivity contribution in [2.45, 2.75) is 78.2 Å². The number of Topliss-reactive ketones (excluding diaryl/α,β-unsaturated/α-hetero) is 1. The van der Waals surface area contributed by atoms with E-state index in [2.05, 4.69) is 30.8 Å². The molecule has 3 rings (SSSR count). The maximum Gasteiger partial charge on any atom is 0.142 e. The molecule has 1 N–H and O–H groups in total. The molecule has 7 atom stereocenters. The number of carbonyl (C=O) groups excluding carboxylic acids is 1. The van der Waals surface area contributed by atoms with Crippen molar-refractivity contribution in [1.29, 1.82) is 0 Å². The minimum atomic E-state index is -0.332. The Balaban J connectivity index is 1.70. The highest BCUT2D eigenvalue weighted by molar-refractivity contribution is 5.91. The number of fused-ring (bicyclic) bond motifs is 3. The summed E-state index contributed by atoms with van der Waals surface area (Å²) in [5, 5.41) is 14.4. The number of hydrogen-bond acceptors (Lipinski definition) is 5. The van der Waals surface area contributed by atoms with Crippen LogP contribution in [0, 0.1) is 34.5 Å². The Labute approximate surface area is 177 Å². The molecular formula is C24H42N2O3. The number of hydrogen-bond donors (Lipinski definition) is 1. The van der Waals surface area contributed by atoms with Crippen molar-refractivity contribution < 1.29 is 14.7 Å². The van der Waals surface area contributed by atoms with Gasteiger partial charge in [-0.1, -0.05) is 25.9 Å². The second-order valence-electron chi connectivity index (χ2n) is 10.6. The molecule has 0 amide bonds. The van der Waals surface area contributed by atoms with Crippen LogP contribution < -0.4 is 0 Å². The van der Waals surface area contributed by atoms with Gasteiger partial charge in [0.05, 0.1) is 6.10 Å². The molecule has 0 aromatic carbocycles.